The van der Waals surface area contributed by atoms with E-state index in [2.05, 4.69) is 15.3 Å². The summed E-state index contributed by atoms with van der Waals surface area (Å²) in [5.74, 6) is 0.00266. The zero-order chi connectivity index (χ0) is 16.5. The molecule has 2 atom stereocenters. The van der Waals surface area contributed by atoms with E-state index in [1.54, 1.807) is 4.68 Å². The third-order valence-electron chi connectivity index (χ3n) is 4.45. The van der Waals surface area contributed by atoms with Crippen molar-refractivity contribution in [3.8, 4) is 5.69 Å². The number of para-hydroxylation sites is 1. The molecule has 0 saturated carbocycles. The maximum atomic E-state index is 12.1. The van der Waals surface area contributed by atoms with Crippen molar-refractivity contribution in [3.05, 3.63) is 47.2 Å². The molecule has 2 aliphatic rings. The molecule has 1 aromatic heterocycles. The normalized spacial score (nSPS) is 24.5. The highest BCUT2D eigenvalue weighted by Crippen LogP contribution is 2.20. The van der Waals surface area contributed by atoms with E-state index in [-0.39, 0.29) is 17.9 Å². The Balaban J connectivity index is 1.50. The number of ether oxygens (including phenoxy) is 1. The molecular weight excluding hydrogens is 328 g/mol. The number of carbonyl (C=O) groups is 1. The maximum absolute atomic E-state index is 12.1. The smallest absolute Gasteiger partial charge is 0.227 e. The molecule has 1 amide bonds. The molecular formula is C17H19ClN4O2. The lowest BCUT2D eigenvalue weighted by Crippen LogP contribution is -2.41. The molecule has 4 rings (SSSR count). The molecule has 0 aliphatic carbocycles. The summed E-state index contributed by atoms with van der Waals surface area (Å²) in [7, 11) is 0. The predicted octanol–water partition coefficient (Wildman–Crippen LogP) is 1.47. The summed E-state index contributed by atoms with van der Waals surface area (Å²) < 4.78 is 7.36. The molecule has 2 saturated heterocycles. The van der Waals surface area contributed by atoms with Gasteiger partial charge in [0.05, 0.1) is 42.1 Å². The van der Waals surface area contributed by atoms with Gasteiger partial charge in [-0.25, -0.2) is 4.68 Å². The average Bonchev–Trinajstić information content (AvgIpc) is 2.86. The zero-order valence-electron chi connectivity index (χ0n) is 13.2. The van der Waals surface area contributed by atoms with E-state index in [0.29, 0.717) is 24.8 Å². The molecule has 2 aromatic rings. The van der Waals surface area contributed by atoms with Gasteiger partial charge in [0.2, 0.25) is 5.91 Å². The van der Waals surface area contributed by atoms with Crippen LogP contribution < -0.4 is 5.32 Å². The number of carbonyl (C=O) groups excluding carboxylic acids is 1. The second-order valence-electron chi connectivity index (χ2n) is 6.38. The van der Waals surface area contributed by atoms with Crippen molar-refractivity contribution in [1.29, 1.82) is 0 Å². The highest BCUT2D eigenvalue weighted by Gasteiger charge is 2.33. The summed E-state index contributed by atoms with van der Waals surface area (Å²) in [5, 5.41) is 8.14. The van der Waals surface area contributed by atoms with E-state index in [4.69, 9.17) is 16.3 Å². The van der Waals surface area contributed by atoms with Crippen molar-refractivity contribution >= 4 is 17.5 Å². The van der Waals surface area contributed by atoms with Crippen molar-refractivity contribution in [1.82, 2.24) is 20.0 Å². The number of rotatable bonds is 3. The Labute approximate surface area is 145 Å². The minimum absolute atomic E-state index is 0.0589. The fourth-order valence-electron chi connectivity index (χ4n) is 3.32. The molecule has 126 valence electrons. The van der Waals surface area contributed by atoms with Crippen LogP contribution in [-0.4, -0.2) is 52.9 Å². The first-order valence-corrected chi connectivity index (χ1v) is 8.46. The minimum Gasteiger partial charge on any atom is -0.378 e. The van der Waals surface area contributed by atoms with Crippen LogP contribution in [0.3, 0.4) is 0 Å². The highest BCUT2D eigenvalue weighted by molar-refractivity contribution is 6.32. The number of benzene rings is 1. The molecule has 0 spiro atoms. The van der Waals surface area contributed by atoms with Crippen molar-refractivity contribution in [3.63, 3.8) is 0 Å². The lowest BCUT2D eigenvalue weighted by atomic mass is 10.1. The zero-order valence-corrected chi connectivity index (χ0v) is 13.9. The first kappa shape index (κ1) is 15.6. The van der Waals surface area contributed by atoms with Crippen molar-refractivity contribution in [2.24, 2.45) is 5.92 Å². The van der Waals surface area contributed by atoms with Gasteiger partial charge in [-0.2, -0.15) is 5.10 Å². The van der Waals surface area contributed by atoms with Gasteiger partial charge in [0.25, 0.3) is 0 Å². The molecule has 1 aromatic carbocycles. The first-order valence-electron chi connectivity index (χ1n) is 8.08. The van der Waals surface area contributed by atoms with Gasteiger partial charge < -0.3 is 10.1 Å². The van der Waals surface area contributed by atoms with E-state index >= 15 is 0 Å². The SMILES string of the molecule is O=C1N[C@@H]2COC[C@H]1CN(Cc1cnn(-c3ccccc3Cl)c1)C2. The van der Waals surface area contributed by atoms with Gasteiger partial charge in [-0.15, -0.1) is 0 Å². The summed E-state index contributed by atoms with van der Waals surface area (Å²) in [5.41, 5.74) is 1.96. The maximum Gasteiger partial charge on any atom is 0.227 e. The summed E-state index contributed by atoms with van der Waals surface area (Å²) in [4.78, 5) is 14.4. The lowest BCUT2D eigenvalue weighted by Gasteiger charge is -2.26. The molecule has 3 heterocycles. The molecule has 24 heavy (non-hydrogen) atoms. The average molecular weight is 347 g/mol. The fraction of sp³-hybridized carbons (Fsp3) is 0.412. The van der Waals surface area contributed by atoms with E-state index in [1.807, 2.05) is 36.7 Å². The van der Waals surface area contributed by atoms with Crippen LogP contribution in [0.5, 0.6) is 0 Å². The largest absolute Gasteiger partial charge is 0.378 e. The second-order valence-corrected chi connectivity index (χ2v) is 6.79. The van der Waals surface area contributed by atoms with Gasteiger partial charge in [-0.05, 0) is 12.1 Å². The van der Waals surface area contributed by atoms with E-state index in [9.17, 15) is 4.79 Å². The third-order valence-corrected chi connectivity index (χ3v) is 4.77. The van der Waals surface area contributed by atoms with Crippen LogP contribution >= 0.6 is 11.6 Å². The number of hydrogen-bond acceptors (Lipinski definition) is 4. The Morgan fingerprint density at radius 2 is 2.17 bits per heavy atom. The van der Waals surface area contributed by atoms with Crippen LogP contribution in [0.1, 0.15) is 5.56 Å². The Morgan fingerprint density at radius 1 is 1.29 bits per heavy atom. The van der Waals surface area contributed by atoms with Crippen LogP contribution in [-0.2, 0) is 16.1 Å². The molecule has 2 aliphatic heterocycles. The van der Waals surface area contributed by atoms with Crippen LogP contribution in [0.25, 0.3) is 5.69 Å². The molecule has 6 nitrogen and oxygen atoms in total. The Kier molecular flexibility index (Phi) is 4.26. The Hall–Kier alpha value is -1.89. The van der Waals surface area contributed by atoms with Crippen LogP contribution in [0.15, 0.2) is 36.7 Å². The summed E-state index contributed by atoms with van der Waals surface area (Å²) in [6, 6.07) is 7.69. The number of fused-ring (bicyclic) bond motifs is 3. The Bertz CT molecular complexity index is 748. The molecule has 7 heteroatoms. The van der Waals surface area contributed by atoms with Gasteiger partial charge >= 0.3 is 0 Å². The quantitative estimate of drug-likeness (QED) is 0.914. The van der Waals surface area contributed by atoms with Gasteiger partial charge in [-0.3, -0.25) is 9.69 Å². The summed E-state index contributed by atoms with van der Waals surface area (Å²) in [6.45, 7) is 3.33. The highest BCUT2D eigenvalue weighted by atomic mass is 35.5. The molecule has 2 bridgehead atoms. The van der Waals surface area contributed by atoms with Crippen molar-refractivity contribution in [2.45, 2.75) is 12.6 Å². The number of amides is 1. The topological polar surface area (TPSA) is 59.4 Å². The van der Waals surface area contributed by atoms with Crippen LogP contribution in [0.4, 0.5) is 0 Å². The first-order chi connectivity index (χ1) is 11.7. The number of halogens is 1. The van der Waals surface area contributed by atoms with Crippen molar-refractivity contribution in [2.75, 3.05) is 26.3 Å². The van der Waals surface area contributed by atoms with Gasteiger partial charge in [0.1, 0.15) is 0 Å². The standard InChI is InChI=1S/C17H19ClN4O2/c18-15-3-1-2-4-16(15)22-7-12(5-19-22)6-21-8-13-10-24-11-14(9-21)20-17(13)23/h1-5,7,13-14H,6,8-11H2,(H,20,23)/t13-,14+/m1/s1. The Morgan fingerprint density at radius 3 is 3.04 bits per heavy atom. The fourth-order valence-corrected chi connectivity index (χ4v) is 3.54. The monoisotopic (exact) mass is 346 g/mol. The van der Waals surface area contributed by atoms with E-state index in [0.717, 1.165) is 24.3 Å². The number of hydrogen-bond donors (Lipinski definition) is 1. The van der Waals surface area contributed by atoms with E-state index < -0.39 is 0 Å². The lowest BCUT2D eigenvalue weighted by molar-refractivity contribution is -0.125. The van der Waals surface area contributed by atoms with Crippen LogP contribution in [0.2, 0.25) is 5.02 Å². The van der Waals surface area contributed by atoms with Gasteiger partial charge in [-0.1, -0.05) is 23.7 Å². The predicted molar refractivity (Wildman–Crippen MR) is 90.1 cm³/mol. The van der Waals surface area contributed by atoms with E-state index in [1.165, 1.54) is 0 Å². The van der Waals surface area contributed by atoms with Gasteiger partial charge in [0, 0.05) is 31.4 Å². The molecule has 0 radical (unpaired) electrons. The third kappa shape index (κ3) is 3.17. The molecule has 2 fully saturated rings. The summed E-state index contributed by atoms with van der Waals surface area (Å²) in [6.07, 6.45) is 3.85. The minimum atomic E-state index is -0.101. The van der Waals surface area contributed by atoms with Gasteiger partial charge in [0.15, 0.2) is 0 Å². The number of nitrogens with zero attached hydrogens (tertiary/aromatic N) is 3. The second kappa shape index (κ2) is 6.55. The molecule has 0 unspecified atom stereocenters. The molecule has 1 N–H and O–H groups in total. The summed E-state index contributed by atoms with van der Waals surface area (Å²) >= 11 is 6.23. The number of nitrogens with one attached hydrogen (secondary N) is 1. The van der Waals surface area contributed by atoms with Crippen molar-refractivity contribution < 1.29 is 9.53 Å². The number of aromatic nitrogens is 2. The van der Waals surface area contributed by atoms with Crippen LogP contribution in [0, 0.1) is 5.92 Å².